The van der Waals surface area contributed by atoms with Crippen molar-refractivity contribution in [3.63, 3.8) is 0 Å². The van der Waals surface area contributed by atoms with Gasteiger partial charge in [-0.25, -0.2) is 4.98 Å². The molecule has 0 radical (unpaired) electrons. The van der Waals surface area contributed by atoms with Gasteiger partial charge >= 0.3 is 0 Å². The Morgan fingerprint density at radius 1 is 1.27 bits per heavy atom. The zero-order valence-electron chi connectivity index (χ0n) is 15.5. The number of aromatic nitrogens is 4. The summed E-state index contributed by atoms with van der Waals surface area (Å²) in [6.07, 6.45) is 0.874. The lowest BCUT2D eigenvalue weighted by molar-refractivity contribution is -0.0976. The molecule has 2 aliphatic heterocycles. The van der Waals surface area contributed by atoms with Crippen LogP contribution in [0, 0.1) is 0 Å². The van der Waals surface area contributed by atoms with Crippen LogP contribution in [0.5, 0.6) is 0 Å². The van der Waals surface area contributed by atoms with Gasteiger partial charge < -0.3 is 24.3 Å². The predicted octanol–water partition coefficient (Wildman–Crippen LogP) is 1.16. The normalized spacial score (nSPS) is 27.2. The summed E-state index contributed by atoms with van der Waals surface area (Å²) in [5.74, 6) is 1.70. The first-order chi connectivity index (χ1) is 12.5. The Morgan fingerprint density at radius 3 is 2.77 bits per heavy atom. The van der Waals surface area contributed by atoms with Crippen LogP contribution in [0.4, 0.5) is 5.82 Å². The van der Waals surface area contributed by atoms with E-state index in [4.69, 9.17) is 26.1 Å². The summed E-state index contributed by atoms with van der Waals surface area (Å²) >= 11 is 6.21. The van der Waals surface area contributed by atoms with Crippen LogP contribution < -0.4 is 10.2 Å². The van der Waals surface area contributed by atoms with Gasteiger partial charge in [0.1, 0.15) is 5.82 Å². The summed E-state index contributed by atoms with van der Waals surface area (Å²) < 4.78 is 13.6. The fourth-order valence-electron chi connectivity index (χ4n) is 3.77. The largest absolute Gasteiger partial charge is 0.378 e. The van der Waals surface area contributed by atoms with Crippen LogP contribution in [0.25, 0.3) is 11.2 Å². The molecule has 9 heteroatoms. The number of anilines is 1. The number of fused-ring (bicyclic) bond motifs is 1. The third-order valence-electron chi connectivity index (χ3n) is 5.02. The Hall–Kier alpha value is -1.48. The SMILES string of the molecule is CC1CNCC(C)(Cc2nc3c(N4CCOCC4)nc(Cl)nc3n2C)O1. The Labute approximate surface area is 157 Å². The van der Waals surface area contributed by atoms with Gasteiger partial charge in [0.25, 0.3) is 0 Å². The van der Waals surface area contributed by atoms with Crippen LogP contribution in [0.2, 0.25) is 5.28 Å². The van der Waals surface area contributed by atoms with Crippen molar-refractivity contribution >= 4 is 28.6 Å². The molecule has 0 saturated carbocycles. The summed E-state index contributed by atoms with van der Waals surface area (Å²) in [4.78, 5) is 15.9. The van der Waals surface area contributed by atoms with E-state index in [1.807, 2.05) is 11.6 Å². The first-order valence-corrected chi connectivity index (χ1v) is 9.43. The molecule has 2 aromatic heterocycles. The molecule has 2 aliphatic rings. The molecule has 0 aromatic carbocycles. The first-order valence-electron chi connectivity index (χ1n) is 9.05. The number of aryl methyl sites for hydroxylation is 1. The average Bonchev–Trinajstić information content (AvgIpc) is 2.90. The maximum absolute atomic E-state index is 6.21. The number of nitrogens with zero attached hydrogens (tertiary/aromatic N) is 5. The minimum atomic E-state index is -0.302. The highest BCUT2D eigenvalue weighted by Gasteiger charge is 2.33. The minimum absolute atomic E-state index is 0.182. The van der Waals surface area contributed by atoms with Gasteiger partial charge in [-0.1, -0.05) is 0 Å². The van der Waals surface area contributed by atoms with Gasteiger partial charge in [0.2, 0.25) is 5.28 Å². The van der Waals surface area contributed by atoms with Crippen molar-refractivity contribution in [2.75, 3.05) is 44.3 Å². The summed E-state index contributed by atoms with van der Waals surface area (Å²) in [6.45, 7) is 8.78. The lowest BCUT2D eigenvalue weighted by atomic mass is 9.99. The second-order valence-electron chi connectivity index (χ2n) is 7.36. The molecule has 0 amide bonds. The van der Waals surface area contributed by atoms with Crippen LogP contribution in [0.3, 0.4) is 0 Å². The molecule has 8 nitrogen and oxygen atoms in total. The van der Waals surface area contributed by atoms with Crippen molar-refractivity contribution in [1.82, 2.24) is 24.8 Å². The molecule has 2 saturated heterocycles. The van der Waals surface area contributed by atoms with Crippen molar-refractivity contribution < 1.29 is 9.47 Å². The smallest absolute Gasteiger partial charge is 0.226 e. The molecule has 2 atom stereocenters. The Bertz CT molecular complexity index is 806. The molecule has 0 spiro atoms. The van der Waals surface area contributed by atoms with Gasteiger partial charge in [0, 0.05) is 39.6 Å². The van der Waals surface area contributed by atoms with E-state index >= 15 is 0 Å². The van der Waals surface area contributed by atoms with E-state index in [1.54, 1.807) is 0 Å². The van der Waals surface area contributed by atoms with Gasteiger partial charge in [-0.2, -0.15) is 9.97 Å². The first kappa shape index (κ1) is 17.9. The van der Waals surface area contributed by atoms with Crippen molar-refractivity contribution in [3.05, 3.63) is 11.1 Å². The molecule has 2 aromatic rings. The molecular weight excluding hydrogens is 356 g/mol. The summed E-state index contributed by atoms with van der Waals surface area (Å²) in [5, 5.41) is 3.68. The molecule has 142 valence electrons. The second kappa shape index (κ2) is 6.92. The van der Waals surface area contributed by atoms with Crippen molar-refractivity contribution in [3.8, 4) is 0 Å². The minimum Gasteiger partial charge on any atom is -0.378 e. The number of ether oxygens (including phenoxy) is 2. The quantitative estimate of drug-likeness (QED) is 0.800. The highest BCUT2D eigenvalue weighted by Crippen LogP contribution is 2.28. The molecule has 26 heavy (non-hydrogen) atoms. The van der Waals surface area contributed by atoms with Crippen molar-refractivity contribution in [2.24, 2.45) is 7.05 Å². The monoisotopic (exact) mass is 380 g/mol. The second-order valence-corrected chi connectivity index (χ2v) is 7.70. The number of morpholine rings is 2. The van der Waals surface area contributed by atoms with Crippen molar-refractivity contribution in [1.29, 1.82) is 0 Å². The van der Waals surface area contributed by atoms with Crippen LogP contribution >= 0.6 is 11.6 Å². The average molecular weight is 381 g/mol. The zero-order valence-corrected chi connectivity index (χ0v) is 16.2. The number of rotatable bonds is 3. The van der Waals surface area contributed by atoms with E-state index in [0.29, 0.717) is 19.6 Å². The topological polar surface area (TPSA) is 77.3 Å². The number of hydrogen-bond acceptors (Lipinski definition) is 7. The van der Waals surface area contributed by atoms with Crippen molar-refractivity contribution in [2.45, 2.75) is 32.0 Å². The number of hydrogen-bond donors (Lipinski definition) is 1. The lowest BCUT2D eigenvalue weighted by Gasteiger charge is -2.37. The third kappa shape index (κ3) is 3.38. The molecule has 4 heterocycles. The van der Waals surface area contributed by atoms with Gasteiger partial charge in [0.05, 0.1) is 24.9 Å². The number of imidazole rings is 1. The molecule has 2 fully saturated rings. The predicted molar refractivity (Wildman–Crippen MR) is 99.9 cm³/mol. The maximum Gasteiger partial charge on any atom is 0.226 e. The van der Waals surface area contributed by atoms with E-state index in [0.717, 1.165) is 49.0 Å². The van der Waals surface area contributed by atoms with E-state index in [9.17, 15) is 0 Å². The summed E-state index contributed by atoms with van der Waals surface area (Å²) in [7, 11) is 1.97. The fourth-order valence-corrected chi connectivity index (χ4v) is 3.93. The molecular formula is C17H25ClN6O2. The van der Waals surface area contributed by atoms with Gasteiger partial charge in [0.15, 0.2) is 17.0 Å². The van der Waals surface area contributed by atoms with Gasteiger partial charge in [-0.15, -0.1) is 0 Å². The molecule has 1 N–H and O–H groups in total. The van der Waals surface area contributed by atoms with E-state index < -0.39 is 0 Å². The van der Waals surface area contributed by atoms with Crippen LogP contribution in [-0.4, -0.2) is 70.6 Å². The molecule has 2 unspecified atom stereocenters. The lowest BCUT2D eigenvalue weighted by Crippen LogP contribution is -2.52. The van der Waals surface area contributed by atoms with Gasteiger partial charge in [-0.05, 0) is 25.4 Å². The van der Waals surface area contributed by atoms with E-state index in [-0.39, 0.29) is 17.0 Å². The Kier molecular flexibility index (Phi) is 4.77. The van der Waals surface area contributed by atoms with Crippen LogP contribution in [0.1, 0.15) is 19.7 Å². The van der Waals surface area contributed by atoms with Crippen LogP contribution in [0.15, 0.2) is 0 Å². The summed E-state index contributed by atoms with van der Waals surface area (Å²) in [6, 6.07) is 0. The fraction of sp³-hybridized carbons (Fsp3) is 0.706. The zero-order chi connectivity index (χ0) is 18.3. The molecule has 0 aliphatic carbocycles. The van der Waals surface area contributed by atoms with Gasteiger partial charge in [-0.3, -0.25) is 0 Å². The van der Waals surface area contributed by atoms with Crippen LogP contribution in [-0.2, 0) is 22.9 Å². The van der Waals surface area contributed by atoms with E-state index in [1.165, 1.54) is 0 Å². The highest BCUT2D eigenvalue weighted by molar-refractivity contribution is 6.28. The Balaban J connectivity index is 1.71. The Morgan fingerprint density at radius 2 is 2.04 bits per heavy atom. The van der Waals surface area contributed by atoms with E-state index in [2.05, 4.69) is 34.0 Å². The molecule has 4 rings (SSSR count). The number of nitrogens with one attached hydrogen (secondary N) is 1. The third-order valence-corrected chi connectivity index (χ3v) is 5.19. The number of halogens is 1. The highest BCUT2D eigenvalue weighted by atomic mass is 35.5. The maximum atomic E-state index is 6.21. The standard InChI is InChI=1S/C17H25ClN6O2/c1-11-9-19-10-17(2,26-11)8-12-20-13-14(23(12)3)21-16(18)22-15(13)24-4-6-25-7-5-24/h11,19H,4-10H2,1-3H3. The molecule has 0 bridgehead atoms. The summed E-state index contributed by atoms with van der Waals surface area (Å²) in [5.41, 5.74) is 1.24.